The average molecular weight is 503 g/mol. The van der Waals surface area contributed by atoms with Gasteiger partial charge in [0.1, 0.15) is 28.6 Å². The normalized spacial score (nSPS) is 19.2. The molecule has 1 aliphatic heterocycles. The van der Waals surface area contributed by atoms with Crippen LogP contribution in [0.2, 0.25) is 5.02 Å². The van der Waals surface area contributed by atoms with E-state index in [4.69, 9.17) is 26.1 Å². The molecule has 190 valence electrons. The van der Waals surface area contributed by atoms with Crippen LogP contribution in [0.5, 0.6) is 11.5 Å². The van der Waals surface area contributed by atoms with Gasteiger partial charge in [0.2, 0.25) is 5.91 Å². The van der Waals surface area contributed by atoms with Crippen molar-refractivity contribution in [2.75, 3.05) is 19.7 Å². The van der Waals surface area contributed by atoms with E-state index in [1.807, 2.05) is 4.90 Å². The van der Waals surface area contributed by atoms with Crippen LogP contribution in [0.3, 0.4) is 0 Å². The Morgan fingerprint density at radius 1 is 1.11 bits per heavy atom. The summed E-state index contributed by atoms with van der Waals surface area (Å²) in [7, 11) is 0. The molecule has 0 radical (unpaired) electrons. The first-order valence-corrected chi connectivity index (χ1v) is 12.7. The monoisotopic (exact) mass is 502 g/mol. The zero-order valence-electron chi connectivity index (χ0n) is 21.4. The molecule has 1 atom stereocenters. The maximum atomic E-state index is 13.3. The molecule has 0 aliphatic carbocycles. The minimum atomic E-state index is -0.482. The largest absolute Gasteiger partial charge is 0.491 e. The van der Waals surface area contributed by atoms with Gasteiger partial charge in [0, 0.05) is 35.7 Å². The van der Waals surface area contributed by atoms with Crippen molar-refractivity contribution < 1.29 is 18.7 Å². The highest BCUT2D eigenvalue weighted by atomic mass is 35.5. The van der Waals surface area contributed by atoms with Crippen LogP contribution in [-0.4, -0.2) is 41.8 Å². The molecule has 3 rings (SSSR count). The van der Waals surface area contributed by atoms with E-state index in [1.54, 1.807) is 30.3 Å². The molecular weight excluding hydrogens is 467 g/mol. The smallest absolute Gasteiger partial charge is 0.226 e. The quantitative estimate of drug-likeness (QED) is 0.340. The minimum Gasteiger partial charge on any atom is -0.491 e. The Bertz CT molecular complexity index is 1050. The summed E-state index contributed by atoms with van der Waals surface area (Å²) in [6.07, 6.45) is 2.66. The van der Waals surface area contributed by atoms with E-state index < -0.39 is 5.60 Å². The number of aliphatic imine (C=N–C) groups is 1. The first-order valence-electron chi connectivity index (χ1n) is 12.3. The Morgan fingerprint density at radius 3 is 2.43 bits per heavy atom. The fourth-order valence-corrected chi connectivity index (χ4v) is 4.43. The molecule has 1 aliphatic rings. The fraction of sp³-hybridized carbons (Fsp3) is 0.500. The Hall–Kier alpha value is -2.60. The Kier molecular flexibility index (Phi) is 8.81. The number of likely N-dealkylation sites (tertiary alicyclic amines) is 1. The van der Waals surface area contributed by atoms with Crippen molar-refractivity contribution in [1.29, 1.82) is 0 Å². The highest BCUT2D eigenvalue weighted by molar-refractivity contribution is 6.30. The van der Waals surface area contributed by atoms with Gasteiger partial charge in [-0.05, 0) is 62.2 Å². The number of benzene rings is 2. The molecule has 1 fully saturated rings. The number of piperidine rings is 1. The van der Waals surface area contributed by atoms with E-state index in [1.165, 1.54) is 12.1 Å². The Labute approximate surface area is 213 Å². The van der Waals surface area contributed by atoms with Gasteiger partial charge in [0.15, 0.2) is 0 Å². The second-order valence-electron chi connectivity index (χ2n) is 9.83. The van der Waals surface area contributed by atoms with Crippen molar-refractivity contribution in [2.45, 2.75) is 65.9 Å². The van der Waals surface area contributed by atoms with Gasteiger partial charge in [0.05, 0.1) is 13.0 Å². The SMILES string of the molecule is CCC(CC)=Nc1cc(Cl)ccc1OCCC(=O)N1CCC(C)(Oc2ccc(F)cc2)C(C)(C)C1. The summed E-state index contributed by atoms with van der Waals surface area (Å²) in [5.74, 6) is 1.01. The molecule has 5 nitrogen and oxygen atoms in total. The number of rotatable bonds is 9. The lowest BCUT2D eigenvalue weighted by Crippen LogP contribution is -2.59. The van der Waals surface area contributed by atoms with Gasteiger partial charge in [-0.1, -0.05) is 39.3 Å². The molecular formula is C28H36ClFN2O3. The number of carbonyl (C=O) groups excluding carboxylic acids is 1. The molecule has 1 saturated heterocycles. The zero-order chi connectivity index (χ0) is 25.6. The van der Waals surface area contributed by atoms with Crippen LogP contribution in [0.25, 0.3) is 0 Å². The van der Waals surface area contributed by atoms with E-state index in [9.17, 15) is 9.18 Å². The summed E-state index contributed by atoms with van der Waals surface area (Å²) in [6, 6.07) is 11.4. The molecule has 7 heteroatoms. The van der Waals surface area contributed by atoms with E-state index in [0.717, 1.165) is 18.6 Å². The van der Waals surface area contributed by atoms with Crippen LogP contribution in [0, 0.1) is 11.2 Å². The number of halogens is 2. The number of hydrogen-bond donors (Lipinski definition) is 0. The number of hydrogen-bond acceptors (Lipinski definition) is 4. The summed E-state index contributed by atoms with van der Waals surface area (Å²) in [6.45, 7) is 11.8. The third-order valence-corrected chi connectivity index (χ3v) is 7.21. The first kappa shape index (κ1) is 27.0. The fourth-order valence-electron chi connectivity index (χ4n) is 4.26. The highest BCUT2D eigenvalue weighted by Gasteiger charge is 2.48. The van der Waals surface area contributed by atoms with Crippen molar-refractivity contribution in [2.24, 2.45) is 10.4 Å². The number of amides is 1. The average Bonchev–Trinajstić information content (AvgIpc) is 2.82. The second kappa shape index (κ2) is 11.4. The third kappa shape index (κ3) is 6.75. The predicted octanol–water partition coefficient (Wildman–Crippen LogP) is 7.24. The Balaban J connectivity index is 1.59. The summed E-state index contributed by atoms with van der Waals surface area (Å²) in [5, 5.41) is 0.597. The van der Waals surface area contributed by atoms with Crippen LogP contribution in [0.4, 0.5) is 10.1 Å². The van der Waals surface area contributed by atoms with E-state index in [-0.39, 0.29) is 30.2 Å². The predicted molar refractivity (Wildman–Crippen MR) is 140 cm³/mol. The molecule has 1 heterocycles. The number of carbonyl (C=O) groups is 1. The maximum Gasteiger partial charge on any atom is 0.226 e. The zero-order valence-corrected chi connectivity index (χ0v) is 22.1. The lowest BCUT2D eigenvalue weighted by Gasteiger charge is -2.51. The summed E-state index contributed by atoms with van der Waals surface area (Å²) < 4.78 is 25.5. The summed E-state index contributed by atoms with van der Waals surface area (Å²) in [5.41, 5.74) is 0.973. The lowest BCUT2D eigenvalue weighted by atomic mass is 9.71. The van der Waals surface area contributed by atoms with Gasteiger partial charge in [0.25, 0.3) is 0 Å². The standard InChI is InChI=1S/C28H36ClFN2O3/c1-6-22(7-2)31-24-18-20(29)8-13-25(24)34-17-14-26(33)32-16-15-28(5,27(3,4)19-32)35-23-11-9-21(30)10-12-23/h8-13,18H,6-7,14-17,19H2,1-5H3. The van der Waals surface area contributed by atoms with Crippen molar-refractivity contribution in [1.82, 2.24) is 4.90 Å². The van der Waals surface area contributed by atoms with E-state index >= 15 is 0 Å². The number of ether oxygens (including phenoxy) is 2. The van der Waals surface area contributed by atoms with Gasteiger partial charge in [-0.25, -0.2) is 4.39 Å². The van der Waals surface area contributed by atoms with Gasteiger partial charge >= 0.3 is 0 Å². The van der Waals surface area contributed by atoms with Crippen LogP contribution in [0.15, 0.2) is 47.5 Å². The summed E-state index contributed by atoms with van der Waals surface area (Å²) in [4.78, 5) is 19.6. The summed E-state index contributed by atoms with van der Waals surface area (Å²) >= 11 is 6.17. The van der Waals surface area contributed by atoms with Crippen LogP contribution in [0.1, 0.15) is 60.3 Å². The third-order valence-electron chi connectivity index (χ3n) is 6.98. The molecule has 1 unspecified atom stereocenters. The van der Waals surface area contributed by atoms with E-state index in [0.29, 0.717) is 41.7 Å². The van der Waals surface area contributed by atoms with Crippen LogP contribution < -0.4 is 9.47 Å². The van der Waals surface area contributed by atoms with Gasteiger partial charge in [-0.2, -0.15) is 0 Å². The van der Waals surface area contributed by atoms with Gasteiger partial charge in [-0.15, -0.1) is 0 Å². The molecule has 0 bridgehead atoms. The molecule has 0 saturated carbocycles. The van der Waals surface area contributed by atoms with Crippen LogP contribution >= 0.6 is 11.6 Å². The lowest BCUT2D eigenvalue weighted by molar-refractivity contribution is -0.144. The van der Waals surface area contributed by atoms with Gasteiger partial charge in [-0.3, -0.25) is 9.79 Å². The van der Waals surface area contributed by atoms with Crippen LogP contribution in [-0.2, 0) is 4.79 Å². The van der Waals surface area contributed by atoms with Crippen molar-refractivity contribution in [3.8, 4) is 11.5 Å². The maximum absolute atomic E-state index is 13.3. The van der Waals surface area contributed by atoms with Gasteiger partial charge < -0.3 is 14.4 Å². The molecule has 35 heavy (non-hydrogen) atoms. The molecule has 2 aromatic rings. The first-order chi connectivity index (χ1) is 16.6. The number of nitrogens with zero attached hydrogens (tertiary/aromatic N) is 2. The second-order valence-corrected chi connectivity index (χ2v) is 10.3. The topological polar surface area (TPSA) is 51.1 Å². The minimum absolute atomic E-state index is 0.0451. The van der Waals surface area contributed by atoms with Crippen molar-refractivity contribution in [3.63, 3.8) is 0 Å². The molecule has 1 amide bonds. The Morgan fingerprint density at radius 2 is 1.80 bits per heavy atom. The molecule has 0 spiro atoms. The molecule has 0 N–H and O–H groups in total. The van der Waals surface area contributed by atoms with Crippen molar-refractivity contribution >= 4 is 28.9 Å². The molecule has 0 aromatic heterocycles. The highest BCUT2D eigenvalue weighted by Crippen LogP contribution is 2.42. The van der Waals surface area contributed by atoms with Crippen molar-refractivity contribution in [3.05, 3.63) is 53.3 Å². The molecule has 2 aromatic carbocycles. The van der Waals surface area contributed by atoms with E-state index in [2.05, 4.69) is 34.6 Å².